The predicted octanol–water partition coefficient (Wildman–Crippen LogP) is 1.41. The Balaban J connectivity index is 1.55. The largest absolute Gasteiger partial charge is 0.381 e. The fourth-order valence-corrected chi connectivity index (χ4v) is 3.59. The van der Waals surface area contributed by atoms with Gasteiger partial charge in [0, 0.05) is 26.3 Å². The van der Waals surface area contributed by atoms with Gasteiger partial charge in [-0.15, -0.1) is 0 Å². The highest BCUT2D eigenvalue weighted by Gasteiger charge is 2.47. The van der Waals surface area contributed by atoms with Crippen LogP contribution in [0.5, 0.6) is 0 Å². The zero-order valence-corrected chi connectivity index (χ0v) is 13.0. The molecule has 2 aliphatic heterocycles. The zero-order chi connectivity index (χ0) is 15.7. The molecule has 0 N–H and O–H groups in total. The maximum Gasteiger partial charge on any atom is 0.233 e. The summed E-state index contributed by atoms with van der Waals surface area (Å²) in [4.78, 5) is 16.9. The van der Waals surface area contributed by atoms with E-state index in [9.17, 15) is 4.79 Å². The molecule has 0 bridgehead atoms. The normalized spacial score (nSPS) is 21.0. The van der Waals surface area contributed by atoms with Crippen molar-refractivity contribution in [2.45, 2.75) is 24.3 Å². The number of amides is 1. The minimum absolute atomic E-state index is 0.196. The lowest BCUT2D eigenvalue weighted by molar-refractivity contribution is -0.147. The first-order chi connectivity index (χ1) is 11.3. The van der Waals surface area contributed by atoms with Crippen LogP contribution < -0.4 is 0 Å². The summed E-state index contributed by atoms with van der Waals surface area (Å²) in [7, 11) is 0. The van der Waals surface area contributed by atoms with E-state index in [2.05, 4.69) is 22.3 Å². The molecule has 1 aromatic heterocycles. The predicted molar refractivity (Wildman–Crippen MR) is 83.8 cm³/mol. The van der Waals surface area contributed by atoms with E-state index in [1.807, 2.05) is 23.1 Å². The number of rotatable bonds is 3. The molecular formula is C17H20N4O2. The molecule has 6 nitrogen and oxygen atoms in total. The molecule has 0 aliphatic carbocycles. The van der Waals surface area contributed by atoms with Crippen molar-refractivity contribution in [1.29, 1.82) is 0 Å². The fraction of sp³-hybridized carbons (Fsp3) is 0.471. The summed E-state index contributed by atoms with van der Waals surface area (Å²) in [5.41, 5.74) is 0.663. The van der Waals surface area contributed by atoms with E-state index in [4.69, 9.17) is 4.74 Å². The lowest BCUT2D eigenvalue weighted by atomic mass is 9.72. The van der Waals surface area contributed by atoms with Crippen LogP contribution in [0.1, 0.15) is 24.4 Å². The molecule has 0 unspecified atom stereocenters. The van der Waals surface area contributed by atoms with Crippen molar-refractivity contribution >= 4 is 5.91 Å². The molecular weight excluding hydrogens is 292 g/mol. The van der Waals surface area contributed by atoms with E-state index in [0.717, 1.165) is 18.4 Å². The summed E-state index contributed by atoms with van der Waals surface area (Å²) in [6, 6.07) is 10.3. The average molecular weight is 312 g/mol. The molecule has 2 fully saturated rings. The maximum absolute atomic E-state index is 13.2. The Kier molecular flexibility index (Phi) is 3.61. The SMILES string of the molecule is O=C(N1CC(n2nccn2)C1)C1(c2ccccc2)CCOCC1. The summed E-state index contributed by atoms with van der Waals surface area (Å²) in [6.07, 6.45) is 4.84. The number of carbonyl (C=O) groups is 1. The smallest absolute Gasteiger partial charge is 0.233 e. The Hall–Kier alpha value is -2.21. The third-order valence-electron chi connectivity index (χ3n) is 4.99. The summed E-state index contributed by atoms with van der Waals surface area (Å²) in [5.74, 6) is 0.218. The highest BCUT2D eigenvalue weighted by molar-refractivity contribution is 5.89. The Labute approximate surface area is 135 Å². The second-order valence-corrected chi connectivity index (χ2v) is 6.27. The molecule has 1 amide bonds. The van der Waals surface area contributed by atoms with Gasteiger partial charge < -0.3 is 9.64 Å². The quantitative estimate of drug-likeness (QED) is 0.860. The van der Waals surface area contributed by atoms with Gasteiger partial charge in [0.2, 0.25) is 5.91 Å². The van der Waals surface area contributed by atoms with E-state index in [-0.39, 0.29) is 11.9 Å². The van der Waals surface area contributed by atoms with Gasteiger partial charge in [0.1, 0.15) is 6.04 Å². The van der Waals surface area contributed by atoms with Gasteiger partial charge in [-0.25, -0.2) is 0 Å². The Bertz CT molecular complexity index is 659. The molecule has 0 saturated carbocycles. The first-order valence-electron chi connectivity index (χ1n) is 8.08. The minimum atomic E-state index is -0.442. The van der Waals surface area contributed by atoms with Gasteiger partial charge in [-0.3, -0.25) is 4.79 Å². The number of carbonyl (C=O) groups excluding carboxylic acids is 1. The van der Waals surface area contributed by atoms with Crippen LogP contribution in [-0.2, 0) is 14.9 Å². The number of ether oxygens (including phenoxy) is 1. The van der Waals surface area contributed by atoms with E-state index in [1.165, 1.54) is 0 Å². The molecule has 2 saturated heterocycles. The van der Waals surface area contributed by atoms with Crippen LogP contribution in [0.4, 0.5) is 0 Å². The van der Waals surface area contributed by atoms with Crippen molar-refractivity contribution in [2.24, 2.45) is 0 Å². The molecule has 0 spiro atoms. The van der Waals surface area contributed by atoms with Crippen LogP contribution in [0.2, 0.25) is 0 Å². The number of hydrogen-bond donors (Lipinski definition) is 0. The van der Waals surface area contributed by atoms with Crippen molar-refractivity contribution in [2.75, 3.05) is 26.3 Å². The highest BCUT2D eigenvalue weighted by atomic mass is 16.5. The third kappa shape index (κ3) is 2.43. The van der Waals surface area contributed by atoms with Crippen LogP contribution in [0, 0.1) is 0 Å². The highest BCUT2D eigenvalue weighted by Crippen LogP contribution is 2.38. The van der Waals surface area contributed by atoms with Gasteiger partial charge in [0.05, 0.1) is 17.8 Å². The zero-order valence-electron chi connectivity index (χ0n) is 13.0. The molecule has 4 rings (SSSR count). The van der Waals surface area contributed by atoms with E-state index in [0.29, 0.717) is 26.3 Å². The molecule has 2 aromatic rings. The molecule has 120 valence electrons. The van der Waals surface area contributed by atoms with Crippen molar-refractivity contribution in [3.63, 3.8) is 0 Å². The molecule has 23 heavy (non-hydrogen) atoms. The average Bonchev–Trinajstić information content (AvgIpc) is 3.09. The van der Waals surface area contributed by atoms with Crippen molar-refractivity contribution in [3.05, 3.63) is 48.3 Å². The Morgan fingerprint density at radius 3 is 2.39 bits per heavy atom. The number of nitrogens with zero attached hydrogens (tertiary/aromatic N) is 4. The van der Waals surface area contributed by atoms with Gasteiger partial charge in [0.25, 0.3) is 0 Å². The Morgan fingerprint density at radius 1 is 1.09 bits per heavy atom. The molecule has 1 aromatic carbocycles. The number of hydrogen-bond acceptors (Lipinski definition) is 4. The monoisotopic (exact) mass is 312 g/mol. The van der Waals surface area contributed by atoms with E-state index >= 15 is 0 Å². The summed E-state index contributed by atoms with van der Waals surface area (Å²) in [5, 5.41) is 8.34. The van der Waals surface area contributed by atoms with Gasteiger partial charge in [-0.2, -0.15) is 15.0 Å². The van der Waals surface area contributed by atoms with Gasteiger partial charge in [-0.05, 0) is 18.4 Å². The van der Waals surface area contributed by atoms with Crippen molar-refractivity contribution in [3.8, 4) is 0 Å². The minimum Gasteiger partial charge on any atom is -0.381 e. The van der Waals surface area contributed by atoms with Gasteiger partial charge in [0.15, 0.2) is 0 Å². The number of likely N-dealkylation sites (tertiary alicyclic amines) is 1. The summed E-state index contributed by atoms with van der Waals surface area (Å²) < 4.78 is 5.51. The number of benzene rings is 1. The molecule has 6 heteroatoms. The van der Waals surface area contributed by atoms with Crippen LogP contribution >= 0.6 is 0 Å². The van der Waals surface area contributed by atoms with Crippen molar-refractivity contribution < 1.29 is 9.53 Å². The van der Waals surface area contributed by atoms with E-state index in [1.54, 1.807) is 17.2 Å². The standard InChI is InChI=1S/C17H20N4O2/c22-16(20-12-15(13-20)21-18-8-9-19-21)17(6-10-23-11-7-17)14-4-2-1-3-5-14/h1-5,8-9,15H,6-7,10-13H2. The van der Waals surface area contributed by atoms with Crippen LogP contribution in [0.3, 0.4) is 0 Å². The first-order valence-corrected chi connectivity index (χ1v) is 8.08. The molecule has 0 radical (unpaired) electrons. The molecule has 2 aliphatic rings. The Morgan fingerprint density at radius 2 is 1.74 bits per heavy atom. The van der Waals surface area contributed by atoms with Crippen LogP contribution in [0.15, 0.2) is 42.7 Å². The second kappa shape index (κ2) is 5.77. The van der Waals surface area contributed by atoms with Crippen molar-refractivity contribution in [1.82, 2.24) is 19.9 Å². The van der Waals surface area contributed by atoms with Gasteiger partial charge in [-0.1, -0.05) is 30.3 Å². The van der Waals surface area contributed by atoms with Crippen LogP contribution in [-0.4, -0.2) is 52.1 Å². The summed E-state index contributed by atoms with van der Waals surface area (Å²) >= 11 is 0. The van der Waals surface area contributed by atoms with E-state index < -0.39 is 5.41 Å². The van der Waals surface area contributed by atoms with Crippen LogP contribution in [0.25, 0.3) is 0 Å². The lowest BCUT2D eigenvalue weighted by Crippen LogP contribution is -2.58. The van der Waals surface area contributed by atoms with Gasteiger partial charge >= 0.3 is 0 Å². The maximum atomic E-state index is 13.2. The fourth-order valence-electron chi connectivity index (χ4n) is 3.59. The lowest BCUT2D eigenvalue weighted by Gasteiger charge is -2.46. The molecule has 3 heterocycles. The molecule has 0 atom stereocenters. The first kappa shape index (κ1) is 14.4. The summed E-state index contributed by atoms with van der Waals surface area (Å²) in [6.45, 7) is 2.64. The topological polar surface area (TPSA) is 60.2 Å². The second-order valence-electron chi connectivity index (χ2n) is 6.27. The third-order valence-corrected chi connectivity index (χ3v) is 4.99. The number of aromatic nitrogens is 3.